The van der Waals surface area contributed by atoms with Crippen LogP contribution in [0.3, 0.4) is 0 Å². The highest BCUT2D eigenvalue weighted by Gasteiger charge is 2.16. The van der Waals surface area contributed by atoms with Gasteiger partial charge in [-0.2, -0.15) is 0 Å². The summed E-state index contributed by atoms with van der Waals surface area (Å²) < 4.78 is 16.1. The van der Waals surface area contributed by atoms with Crippen molar-refractivity contribution in [1.29, 1.82) is 0 Å². The van der Waals surface area contributed by atoms with Crippen molar-refractivity contribution in [3.63, 3.8) is 0 Å². The first-order chi connectivity index (χ1) is 14.6. The van der Waals surface area contributed by atoms with Crippen LogP contribution >= 0.6 is 11.8 Å². The van der Waals surface area contributed by atoms with Crippen LogP contribution in [-0.2, 0) is 4.79 Å². The number of amides is 1. The summed E-state index contributed by atoms with van der Waals surface area (Å²) in [4.78, 5) is 14.1. The Morgan fingerprint density at radius 2 is 1.60 bits per heavy atom. The molecule has 3 rings (SSSR count). The van der Waals surface area contributed by atoms with Gasteiger partial charge >= 0.3 is 0 Å². The molecular weight excluding hydrogens is 402 g/mol. The molecule has 0 saturated heterocycles. The monoisotopic (exact) mass is 425 g/mol. The Labute approximate surface area is 180 Å². The molecule has 0 aliphatic carbocycles. The molecule has 0 spiro atoms. The number of rotatable bonds is 8. The van der Waals surface area contributed by atoms with Gasteiger partial charge in [0.15, 0.2) is 11.5 Å². The molecule has 2 aromatic carbocycles. The number of aromatic nitrogens is 2. The smallest absolute Gasteiger partial charge is 0.237 e. The number of benzene rings is 2. The third-order valence-electron chi connectivity index (χ3n) is 4.46. The van der Waals surface area contributed by atoms with Gasteiger partial charge in [-0.15, -0.1) is 10.2 Å². The van der Waals surface area contributed by atoms with Crippen molar-refractivity contribution in [2.45, 2.75) is 5.03 Å². The number of thioether (sulfide) groups is 1. The van der Waals surface area contributed by atoms with Crippen LogP contribution in [0.2, 0.25) is 0 Å². The van der Waals surface area contributed by atoms with E-state index < -0.39 is 0 Å². The van der Waals surface area contributed by atoms with Gasteiger partial charge in [0, 0.05) is 18.3 Å². The van der Waals surface area contributed by atoms with E-state index in [0.717, 1.165) is 11.3 Å². The minimum absolute atomic E-state index is 0.0123. The maximum Gasteiger partial charge on any atom is 0.237 e. The van der Waals surface area contributed by atoms with Crippen LogP contribution in [0.25, 0.3) is 11.3 Å². The number of methoxy groups -OCH3 is 3. The molecule has 0 aliphatic heterocycles. The van der Waals surface area contributed by atoms with Gasteiger partial charge in [-0.25, -0.2) is 0 Å². The van der Waals surface area contributed by atoms with Gasteiger partial charge < -0.3 is 19.1 Å². The highest BCUT2D eigenvalue weighted by atomic mass is 32.2. The van der Waals surface area contributed by atoms with E-state index in [0.29, 0.717) is 28.0 Å². The summed E-state index contributed by atoms with van der Waals surface area (Å²) in [7, 11) is 6.45. The average molecular weight is 426 g/mol. The van der Waals surface area contributed by atoms with Crippen LogP contribution < -0.4 is 19.1 Å². The predicted octanol–water partition coefficient (Wildman–Crippen LogP) is 3.92. The van der Waals surface area contributed by atoms with E-state index in [9.17, 15) is 4.79 Å². The SMILES string of the molecule is COc1cc(-c2ccc(SCC(=O)N(C)c3ccccc3)nn2)cc(OC)c1OC. The molecule has 7 nitrogen and oxygen atoms in total. The van der Waals surface area contributed by atoms with Gasteiger partial charge in [-0.1, -0.05) is 30.0 Å². The minimum atomic E-state index is -0.0123. The van der Waals surface area contributed by atoms with Gasteiger partial charge in [0.2, 0.25) is 11.7 Å². The molecule has 0 bridgehead atoms. The fraction of sp³-hybridized carbons (Fsp3) is 0.227. The van der Waals surface area contributed by atoms with E-state index in [1.54, 1.807) is 33.3 Å². The van der Waals surface area contributed by atoms with Crippen LogP contribution in [0, 0.1) is 0 Å². The number of nitrogens with zero attached hydrogens (tertiary/aromatic N) is 3. The Morgan fingerprint density at radius 1 is 0.933 bits per heavy atom. The second kappa shape index (κ2) is 9.98. The molecule has 30 heavy (non-hydrogen) atoms. The van der Waals surface area contributed by atoms with E-state index in [-0.39, 0.29) is 11.7 Å². The molecule has 0 saturated carbocycles. The second-order valence-corrected chi connectivity index (χ2v) is 7.24. The van der Waals surface area contributed by atoms with Crippen molar-refractivity contribution in [3.8, 4) is 28.5 Å². The van der Waals surface area contributed by atoms with Crippen molar-refractivity contribution >= 4 is 23.4 Å². The molecule has 156 valence electrons. The summed E-state index contributed by atoms with van der Waals surface area (Å²) >= 11 is 1.34. The summed E-state index contributed by atoms with van der Waals surface area (Å²) in [6.45, 7) is 0. The first kappa shape index (κ1) is 21.4. The lowest BCUT2D eigenvalue weighted by molar-refractivity contribution is -0.115. The Morgan fingerprint density at radius 3 is 2.13 bits per heavy atom. The number of hydrogen-bond donors (Lipinski definition) is 0. The van der Waals surface area contributed by atoms with Crippen molar-refractivity contribution in [2.75, 3.05) is 39.0 Å². The van der Waals surface area contributed by atoms with Crippen molar-refractivity contribution in [1.82, 2.24) is 10.2 Å². The van der Waals surface area contributed by atoms with Gasteiger partial charge in [-0.3, -0.25) is 4.79 Å². The summed E-state index contributed by atoms with van der Waals surface area (Å²) in [5, 5.41) is 9.20. The summed E-state index contributed by atoms with van der Waals surface area (Å²) in [5.41, 5.74) is 2.30. The molecule has 1 amide bonds. The Bertz CT molecular complexity index is 972. The zero-order valence-corrected chi connectivity index (χ0v) is 18.1. The number of carbonyl (C=O) groups is 1. The van der Waals surface area contributed by atoms with Crippen LogP contribution in [-0.4, -0.2) is 50.2 Å². The van der Waals surface area contributed by atoms with Crippen LogP contribution in [0.4, 0.5) is 5.69 Å². The maximum atomic E-state index is 12.4. The lowest BCUT2D eigenvalue weighted by Crippen LogP contribution is -2.27. The second-order valence-electron chi connectivity index (χ2n) is 6.25. The number of carbonyl (C=O) groups excluding carboxylic acids is 1. The standard InChI is InChI=1S/C22H23N3O4S/c1-25(16-8-6-5-7-9-16)21(26)14-30-20-11-10-17(23-24-20)15-12-18(27-2)22(29-4)19(13-15)28-3/h5-13H,14H2,1-4H3. The molecule has 0 fully saturated rings. The van der Waals surface area contributed by atoms with E-state index in [4.69, 9.17) is 14.2 Å². The molecule has 1 heterocycles. The predicted molar refractivity (Wildman–Crippen MR) is 118 cm³/mol. The van der Waals surface area contributed by atoms with Gasteiger partial charge in [0.1, 0.15) is 5.03 Å². The zero-order chi connectivity index (χ0) is 21.5. The summed E-state index contributed by atoms with van der Waals surface area (Å²) in [6.07, 6.45) is 0. The van der Waals surface area contributed by atoms with Crippen LogP contribution in [0.5, 0.6) is 17.2 Å². The molecule has 8 heteroatoms. The zero-order valence-electron chi connectivity index (χ0n) is 17.3. The molecule has 0 N–H and O–H groups in total. The van der Waals surface area contributed by atoms with Crippen molar-refractivity contribution < 1.29 is 19.0 Å². The van der Waals surface area contributed by atoms with E-state index >= 15 is 0 Å². The lowest BCUT2D eigenvalue weighted by Gasteiger charge is -2.16. The number of hydrogen-bond acceptors (Lipinski definition) is 7. The van der Waals surface area contributed by atoms with E-state index in [2.05, 4.69) is 10.2 Å². The van der Waals surface area contributed by atoms with Crippen LogP contribution in [0.1, 0.15) is 0 Å². The summed E-state index contributed by atoms with van der Waals surface area (Å²) in [5.74, 6) is 1.86. The Balaban J connectivity index is 1.70. The topological polar surface area (TPSA) is 73.8 Å². The van der Waals surface area contributed by atoms with Gasteiger partial charge in [0.25, 0.3) is 0 Å². The first-order valence-corrected chi connectivity index (χ1v) is 10.1. The Hall–Kier alpha value is -3.26. The van der Waals surface area contributed by atoms with E-state index in [1.807, 2.05) is 54.6 Å². The molecule has 0 atom stereocenters. The molecule has 0 unspecified atom stereocenters. The normalized spacial score (nSPS) is 10.4. The lowest BCUT2D eigenvalue weighted by atomic mass is 10.1. The molecule has 0 aliphatic rings. The van der Waals surface area contributed by atoms with Crippen molar-refractivity contribution in [3.05, 3.63) is 54.6 Å². The van der Waals surface area contributed by atoms with Gasteiger partial charge in [0.05, 0.1) is 32.8 Å². The quantitative estimate of drug-likeness (QED) is 0.506. The largest absolute Gasteiger partial charge is 0.493 e. The molecule has 3 aromatic rings. The molecule has 0 radical (unpaired) electrons. The summed E-state index contributed by atoms with van der Waals surface area (Å²) in [6, 6.07) is 16.8. The van der Waals surface area contributed by atoms with E-state index in [1.165, 1.54) is 11.8 Å². The average Bonchev–Trinajstić information content (AvgIpc) is 2.81. The number of para-hydroxylation sites is 1. The maximum absolute atomic E-state index is 12.4. The fourth-order valence-corrected chi connectivity index (χ4v) is 3.54. The third-order valence-corrected chi connectivity index (χ3v) is 5.37. The Kier molecular flexibility index (Phi) is 7.13. The highest BCUT2D eigenvalue weighted by molar-refractivity contribution is 7.99. The fourth-order valence-electron chi connectivity index (χ4n) is 2.81. The third kappa shape index (κ3) is 4.83. The molecular formula is C22H23N3O4S. The molecule has 1 aromatic heterocycles. The first-order valence-electron chi connectivity index (χ1n) is 9.16. The van der Waals surface area contributed by atoms with Crippen molar-refractivity contribution in [2.24, 2.45) is 0 Å². The number of anilines is 1. The highest BCUT2D eigenvalue weighted by Crippen LogP contribution is 2.40. The minimum Gasteiger partial charge on any atom is -0.493 e. The number of ether oxygens (including phenoxy) is 3. The van der Waals surface area contributed by atoms with Crippen LogP contribution in [0.15, 0.2) is 59.6 Å². The van der Waals surface area contributed by atoms with Gasteiger partial charge in [-0.05, 0) is 36.4 Å².